The molecule has 1 unspecified atom stereocenters. The number of nitrogens with one attached hydrogen (secondary N) is 3. The molecular weight excluding hydrogens is 390 g/mol. The molecule has 0 saturated carbocycles. The number of morpholine rings is 1. The maximum Gasteiger partial charge on any atom is 0.279 e. The van der Waals surface area contributed by atoms with Crippen LogP contribution in [-0.4, -0.2) is 52.9 Å². The first kappa shape index (κ1) is 21.6. The fraction of sp³-hybridized carbons (Fsp3) is 0.409. The van der Waals surface area contributed by atoms with E-state index >= 15 is 0 Å². The fourth-order valence-electron chi connectivity index (χ4n) is 3.58. The fourth-order valence-corrected chi connectivity index (χ4v) is 3.78. The van der Waals surface area contributed by atoms with E-state index in [-0.39, 0.29) is 5.91 Å². The Labute approximate surface area is 177 Å². The van der Waals surface area contributed by atoms with Gasteiger partial charge in [0.15, 0.2) is 6.54 Å². The van der Waals surface area contributed by atoms with Gasteiger partial charge in [0.05, 0.1) is 27.4 Å². The lowest BCUT2D eigenvalue weighted by Gasteiger charge is -2.23. The number of hydrogen-bond acceptors (Lipinski definition) is 3. The van der Waals surface area contributed by atoms with Gasteiger partial charge in [0.1, 0.15) is 31.9 Å². The number of methoxy groups -OCH3 is 1. The zero-order valence-electron chi connectivity index (χ0n) is 17.1. The number of hydrogen-bond donors (Lipinski definition) is 3. The van der Waals surface area contributed by atoms with Crippen LogP contribution in [0.4, 0.5) is 5.69 Å². The van der Waals surface area contributed by atoms with Gasteiger partial charge in [0.25, 0.3) is 5.91 Å². The van der Waals surface area contributed by atoms with Crippen molar-refractivity contribution in [2.75, 3.05) is 52.3 Å². The molecule has 6 nitrogen and oxygen atoms in total. The maximum absolute atomic E-state index is 12.4. The Morgan fingerprint density at radius 3 is 2.62 bits per heavy atom. The molecule has 0 bridgehead atoms. The van der Waals surface area contributed by atoms with Crippen molar-refractivity contribution in [2.45, 2.75) is 13.1 Å². The summed E-state index contributed by atoms with van der Waals surface area (Å²) in [5, 5.41) is 3.65. The first-order chi connectivity index (χ1) is 14.0. The Morgan fingerprint density at radius 1 is 1.21 bits per heavy atom. The quantitative estimate of drug-likeness (QED) is 0.581. The van der Waals surface area contributed by atoms with Gasteiger partial charge < -0.3 is 24.6 Å². The molecule has 1 heterocycles. The molecule has 3 N–H and O–H groups in total. The minimum atomic E-state index is -0.0185. The van der Waals surface area contributed by atoms with Crippen molar-refractivity contribution >= 4 is 23.2 Å². The molecule has 0 spiro atoms. The minimum Gasteiger partial charge on any atom is -0.496 e. The van der Waals surface area contributed by atoms with Gasteiger partial charge in [-0.05, 0) is 30.3 Å². The number of ether oxygens (including phenoxy) is 2. The predicted molar refractivity (Wildman–Crippen MR) is 114 cm³/mol. The van der Waals surface area contributed by atoms with Crippen LogP contribution in [0.25, 0.3) is 0 Å². The second-order valence-corrected chi connectivity index (χ2v) is 7.99. The lowest BCUT2D eigenvalue weighted by Crippen LogP contribution is -3.12. The molecule has 29 heavy (non-hydrogen) atoms. The van der Waals surface area contributed by atoms with Gasteiger partial charge in [0, 0.05) is 21.8 Å². The lowest BCUT2D eigenvalue weighted by molar-refractivity contribution is -0.921. The Bertz CT molecular complexity index is 807. The summed E-state index contributed by atoms with van der Waals surface area (Å²) in [4.78, 5) is 15.0. The van der Waals surface area contributed by atoms with Gasteiger partial charge in [-0.2, -0.15) is 0 Å². The van der Waals surface area contributed by atoms with E-state index in [0.29, 0.717) is 18.1 Å². The average Bonchev–Trinajstić information content (AvgIpc) is 2.70. The standard InChI is InChI=1S/C22H28ClN3O3/c1-25(15-18-13-19(23)5-8-21(18)28-2)16-22(27)24-20-6-3-17(4-7-20)14-26-9-11-29-12-10-26/h3-8,13H,9-12,14-16H2,1-2H3,(H,24,27)/p+2. The number of likely N-dealkylation sites (N-methyl/N-ethyl adjacent to an activating group) is 1. The smallest absolute Gasteiger partial charge is 0.279 e. The van der Waals surface area contributed by atoms with E-state index in [0.717, 1.165) is 54.7 Å². The number of quaternary nitrogens is 2. The molecule has 2 aromatic rings. The first-order valence-corrected chi connectivity index (χ1v) is 10.3. The lowest BCUT2D eigenvalue weighted by atomic mass is 10.2. The van der Waals surface area contributed by atoms with Crippen molar-refractivity contribution in [3.63, 3.8) is 0 Å². The topological polar surface area (TPSA) is 56.4 Å². The van der Waals surface area contributed by atoms with E-state index in [1.165, 1.54) is 10.5 Å². The van der Waals surface area contributed by atoms with Gasteiger partial charge in [-0.1, -0.05) is 23.7 Å². The Kier molecular flexibility index (Phi) is 7.89. The third kappa shape index (κ3) is 6.72. The number of carbonyl (C=O) groups excluding carboxylic acids is 1. The van der Waals surface area contributed by atoms with Crippen LogP contribution in [-0.2, 0) is 22.6 Å². The van der Waals surface area contributed by atoms with E-state index in [4.69, 9.17) is 21.1 Å². The highest BCUT2D eigenvalue weighted by Gasteiger charge is 2.16. The van der Waals surface area contributed by atoms with Crippen LogP contribution >= 0.6 is 11.6 Å². The van der Waals surface area contributed by atoms with Crippen LogP contribution in [0.2, 0.25) is 5.02 Å². The van der Waals surface area contributed by atoms with E-state index < -0.39 is 0 Å². The molecule has 3 rings (SSSR count). The predicted octanol–water partition coefficient (Wildman–Crippen LogP) is 0.417. The molecule has 156 valence electrons. The van der Waals surface area contributed by atoms with Crippen LogP contribution in [0.3, 0.4) is 0 Å². The molecule has 2 aromatic carbocycles. The Balaban J connectivity index is 1.49. The highest BCUT2D eigenvalue weighted by Crippen LogP contribution is 2.21. The van der Waals surface area contributed by atoms with Crippen LogP contribution in [0.5, 0.6) is 5.75 Å². The summed E-state index contributed by atoms with van der Waals surface area (Å²) < 4.78 is 10.8. The van der Waals surface area contributed by atoms with Gasteiger partial charge >= 0.3 is 0 Å². The summed E-state index contributed by atoms with van der Waals surface area (Å²) in [7, 11) is 3.62. The summed E-state index contributed by atoms with van der Waals surface area (Å²) in [6, 6.07) is 13.7. The molecule has 0 aromatic heterocycles. The largest absolute Gasteiger partial charge is 0.496 e. The number of anilines is 1. The highest BCUT2D eigenvalue weighted by molar-refractivity contribution is 6.30. The van der Waals surface area contributed by atoms with Gasteiger partial charge in [0.2, 0.25) is 0 Å². The highest BCUT2D eigenvalue weighted by atomic mass is 35.5. The van der Waals surface area contributed by atoms with Crippen molar-refractivity contribution in [3.8, 4) is 5.75 Å². The van der Waals surface area contributed by atoms with Gasteiger partial charge in [-0.15, -0.1) is 0 Å². The molecular formula is C22H30ClN3O3+2. The van der Waals surface area contributed by atoms with Crippen LogP contribution in [0.15, 0.2) is 42.5 Å². The number of benzene rings is 2. The SMILES string of the molecule is COc1ccc(Cl)cc1C[NH+](C)CC(=O)Nc1ccc(C[NH+]2CCOCC2)cc1. The number of halogens is 1. The first-order valence-electron chi connectivity index (χ1n) is 9.97. The summed E-state index contributed by atoms with van der Waals surface area (Å²) >= 11 is 6.09. The normalized spacial score (nSPS) is 15.7. The van der Waals surface area contributed by atoms with Crippen molar-refractivity contribution in [2.24, 2.45) is 0 Å². The van der Waals surface area contributed by atoms with E-state index in [2.05, 4.69) is 17.4 Å². The van der Waals surface area contributed by atoms with Crippen LogP contribution in [0.1, 0.15) is 11.1 Å². The Hall–Kier alpha value is -2.12. The summed E-state index contributed by atoms with van der Waals surface area (Å²) in [6.45, 7) is 5.76. The summed E-state index contributed by atoms with van der Waals surface area (Å²) in [6.07, 6.45) is 0. The number of amides is 1. The van der Waals surface area contributed by atoms with Crippen molar-refractivity contribution in [3.05, 3.63) is 58.6 Å². The number of rotatable bonds is 8. The zero-order valence-corrected chi connectivity index (χ0v) is 17.8. The molecule has 0 radical (unpaired) electrons. The average molecular weight is 420 g/mol. The monoisotopic (exact) mass is 419 g/mol. The third-order valence-corrected chi connectivity index (χ3v) is 5.32. The van der Waals surface area contributed by atoms with Crippen LogP contribution < -0.4 is 19.9 Å². The molecule has 1 fully saturated rings. The number of carbonyl (C=O) groups is 1. The van der Waals surface area contributed by atoms with Gasteiger partial charge in [-0.3, -0.25) is 4.79 Å². The Morgan fingerprint density at radius 2 is 1.93 bits per heavy atom. The van der Waals surface area contributed by atoms with E-state index in [1.54, 1.807) is 13.2 Å². The summed E-state index contributed by atoms with van der Waals surface area (Å²) in [5.74, 6) is 0.766. The molecule has 7 heteroatoms. The second-order valence-electron chi connectivity index (χ2n) is 7.55. The van der Waals surface area contributed by atoms with Crippen molar-refractivity contribution in [1.82, 2.24) is 0 Å². The summed E-state index contributed by atoms with van der Waals surface area (Å²) in [5.41, 5.74) is 3.08. The van der Waals surface area contributed by atoms with Crippen molar-refractivity contribution < 1.29 is 24.1 Å². The second kappa shape index (κ2) is 10.6. The van der Waals surface area contributed by atoms with Crippen LogP contribution in [0, 0.1) is 0 Å². The minimum absolute atomic E-state index is 0.0185. The molecule has 1 amide bonds. The molecule has 0 aliphatic carbocycles. The molecule has 1 atom stereocenters. The van der Waals surface area contributed by atoms with Crippen molar-refractivity contribution in [1.29, 1.82) is 0 Å². The van der Waals surface area contributed by atoms with E-state index in [9.17, 15) is 4.79 Å². The third-order valence-electron chi connectivity index (χ3n) is 5.09. The molecule has 1 saturated heterocycles. The zero-order chi connectivity index (χ0) is 20.6. The van der Waals surface area contributed by atoms with Gasteiger partial charge in [-0.25, -0.2) is 0 Å². The van der Waals surface area contributed by atoms with E-state index in [1.807, 2.05) is 31.3 Å². The molecule has 1 aliphatic heterocycles. The molecule has 1 aliphatic rings. The maximum atomic E-state index is 12.4.